The molecule has 1 atom stereocenters. The number of rotatable bonds is 7. The second kappa shape index (κ2) is 7.13. The van der Waals surface area contributed by atoms with Crippen LogP contribution in [-0.4, -0.2) is 23.5 Å². The first-order valence-corrected chi connectivity index (χ1v) is 7.55. The van der Waals surface area contributed by atoms with Gasteiger partial charge in [-0.15, -0.1) is 6.58 Å². The average molecular weight is 249 g/mol. The zero-order valence-corrected chi connectivity index (χ0v) is 12.7. The summed E-state index contributed by atoms with van der Waals surface area (Å²) in [5, 5.41) is 0. The van der Waals surface area contributed by atoms with Crippen LogP contribution in [0.3, 0.4) is 0 Å². The Hall–Kier alpha value is -0.560. The van der Waals surface area contributed by atoms with E-state index >= 15 is 0 Å². The van der Waals surface area contributed by atoms with Gasteiger partial charge in [0.15, 0.2) is 0 Å². The van der Waals surface area contributed by atoms with Crippen molar-refractivity contribution in [2.45, 2.75) is 64.8 Å². The number of likely N-dealkylation sites (tertiary alicyclic amines) is 1. The first kappa shape index (κ1) is 15.5. The molecule has 0 saturated carbocycles. The second-order valence-corrected chi connectivity index (χ2v) is 6.24. The molecule has 1 aliphatic rings. The minimum atomic E-state index is 0.319. The summed E-state index contributed by atoms with van der Waals surface area (Å²) in [4.78, 5) is 2.69. The molecule has 0 aromatic heterocycles. The summed E-state index contributed by atoms with van der Waals surface area (Å²) in [6.45, 7) is 17.6. The van der Waals surface area contributed by atoms with Gasteiger partial charge in [-0.2, -0.15) is 0 Å². The maximum Gasteiger partial charge on any atom is 0.0181 e. The molecule has 1 heteroatoms. The monoisotopic (exact) mass is 249 g/mol. The van der Waals surface area contributed by atoms with E-state index in [1.54, 1.807) is 0 Å². The molecule has 0 spiro atoms. The van der Waals surface area contributed by atoms with Crippen LogP contribution < -0.4 is 0 Å². The van der Waals surface area contributed by atoms with E-state index in [-0.39, 0.29) is 0 Å². The highest BCUT2D eigenvalue weighted by atomic mass is 15.2. The van der Waals surface area contributed by atoms with Crippen LogP contribution in [0.4, 0.5) is 0 Å². The summed E-state index contributed by atoms with van der Waals surface area (Å²) in [6.07, 6.45) is 9.48. The van der Waals surface area contributed by atoms with Gasteiger partial charge in [0.2, 0.25) is 0 Å². The summed E-state index contributed by atoms with van der Waals surface area (Å²) < 4.78 is 0. The third kappa shape index (κ3) is 3.98. The lowest BCUT2D eigenvalue weighted by Crippen LogP contribution is -2.51. The Morgan fingerprint density at radius 2 is 1.89 bits per heavy atom. The molecular weight excluding hydrogens is 218 g/mol. The number of allylic oxidation sites excluding steroid dienone is 1. The molecule has 0 aromatic rings. The quantitative estimate of drug-likeness (QED) is 0.586. The molecule has 0 N–H and O–H groups in total. The van der Waals surface area contributed by atoms with Gasteiger partial charge >= 0.3 is 0 Å². The molecule has 1 unspecified atom stereocenters. The van der Waals surface area contributed by atoms with Crippen LogP contribution in [0.1, 0.15) is 59.3 Å². The van der Waals surface area contributed by atoms with Crippen molar-refractivity contribution in [3.8, 4) is 0 Å². The Morgan fingerprint density at radius 3 is 2.39 bits per heavy atom. The Morgan fingerprint density at radius 1 is 1.28 bits per heavy atom. The van der Waals surface area contributed by atoms with Crippen molar-refractivity contribution < 1.29 is 0 Å². The van der Waals surface area contributed by atoms with Crippen molar-refractivity contribution in [3.63, 3.8) is 0 Å². The zero-order chi connectivity index (χ0) is 13.6. The van der Waals surface area contributed by atoms with Gasteiger partial charge < -0.3 is 0 Å². The van der Waals surface area contributed by atoms with Crippen molar-refractivity contribution in [3.05, 3.63) is 24.8 Å². The topological polar surface area (TPSA) is 3.24 Å². The first-order chi connectivity index (χ1) is 8.52. The van der Waals surface area contributed by atoms with Crippen LogP contribution in [0.15, 0.2) is 24.8 Å². The molecule has 0 bridgehead atoms. The van der Waals surface area contributed by atoms with Crippen LogP contribution in [-0.2, 0) is 0 Å². The molecule has 1 fully saturated rings. The normalized spacial score (nSPS) is 19.8. The van der Waals surface area contributed by atoms with E-state index in [0.717, 1.165) is 12.3 Å². The van der Waals surface area contributed by atoms with E-state index in [4.69, 9.17) is 0 Å². The van der Waals surface area contributed by atoms with Crippen LogP contribution >= 0.6 is 0 Å². The minimum absolute atomic E-state index is 0.319. The number of hydrogen-bond donors (Lipinski definition) is 0. The molecular formula is C17H31N. The van der Waals surface area contributed by atoms with E-state index in [1.165, 1.54) is 50.8 Å². The van der Waals surface area contributed by atoms with E-state index in [9.17, 15) is 0 Å². The molecule has 0 aliphatic carbocycles. The summed E-state index contributed by atoms with van der Waals surface area (Å²) >= 11 is 0. The van der Waals surface area contributed by atoms with Crippen LogP contribution in [0.25, 0.3) is 0 Å². The first-order valence-electron chi connectivity index (χ1n) is 7.55. The molecule has 18 heavy (non-hydrogen) atoms. The Bertz CT molecular complexity index is 267. The SMILES string of the molecule is C=CCCC(CCC)C(C)(C)N1CCC(=C)CC1. The van der Waals surface area contributed by atoms with Gasteiger partial charge in [-0.1, -0.05) is 31.6 Å². The summed E-state index contributed by atoms with van der Waals surface area (Å²) in [6, 6.07) is 0. The van der Waals surface area contributed by atoms with E-state index in [1.807, 2.05) is 0 Å². The minimum Gasteiger partial charge on any atom is -0.297 e. The van der Waals surface area contributed by atoms with Crippen molar-refractivity contribution >= 4 is 0 Å². The maximum atomic E-state index is 4.12. The summed E-state index contributed by atoms with van der Waals surface area (Å²) in [5.74, 6) is 0.784. The number of nitrogens with zero attached hydrogens (tertiary/aromatic N) is 1. The third-order valence-corrected chi connectivity index (χ3v) is 4.64. The molecule has 0 amide bonds. The Labute approximate surface area is 114 Å². The van der Waals surface area contributed by atoms with Gasteiger partial charge in [-0.3, -0.25) is 4.90 Å². The molecule has 1 rings (SSSR count). The average Bonchev–Trinajstić information content (AvgIpc) is 2.35. The fourth-order valence-corrected chi connectivity index (χ4v) is 3.18. The molecule has 1 aliphatic heterocycles. The second-order valence-electron chi connectivity index (χ2n) is 6.24. The van der Waals surface area contributed by atoms with Gasteiger partial charge in [0.05, 0.1) is 0 Å². The highest BCUT2D eigenvalue weighted by molar-refractivity contribution is 5.02. The standard InChI is InChI=1S/C17H31N/c1-6-8-10-16(9-7-2)17(4,5)18-13-11-15(3)12-14-18/h6,16H,1,3,7-14H2,2,4-5H3. The lowest BCUT2D eigenvalue weighted by Gasteiger charge is -2.46. The van der Waals surface area contributed by atoms with Gasteiger partial charge in [0.1, 0.15) is 0 Å². The van der Waals surface area contributed by atoms with Crippen molar-refractivity contribution in [2.75, 3.05) is 13.1 Å². The van der Waals surface area contributed by atoms with Gasteiger partial charge in [0.25, 0.3) is 0 Å². The highest BCUT2D eigenvalue weighted by Crippen LogP contribution is 2.34. The van der Waals surface area contributed by atoms with Crippen molar-refractivity contribution in [2.24, 2.45) is 5.92 Å². The molecule has 1 nitrogen and oxygen atoms in total. The zero-order valence-electron chi connectivity index (χ0n) is 12.7. The molecule has 0 radical (unpaired) electrons. The summed E-state index contributed by atoms with van der Waals surface area (Å²) in [5.41, 5.74) is 1.75. The van der Waals surface area contributed by atoms with Crippen LogP contribution in [0.2, 0.25) is 0 Å². The Balaban J connectivity index is 2.66. The largest absolute Gasteiger partial charge is 0.297 e. The lowest BCUT2D eigenvalue weighted by molar-refractivity contribution is 0.0465. The van der Waals surface area contributed by atoms with Gasteiger partial charge in [0, 0.05) is 18.6 Å². The molecule has 1 heterocycles. The smallest absolute Gasteiger partial charge is 0.0181 e. The molecule has 0 aromatic carbocycles. The molecule has 104 valence electrons. The van der Waals surface area contributed by atoms with E-state index < -0.39 is 0 Å². The van der Waals surface area contributed by atoms with Crippen LogP contribution in [0, 0.1) is 5.92 Å². The Kier molecular flexibility index (Phi) is 6.14. The molecule has 1 saturated heterocycles. The van der Waals surface area contributed by atoms with Crippen LogP contribution in [0.5, 0.6) is 0 Å². The number of hydrogen-bond acceptors (Lipinski definition) is 1. The van der Waals surface area contributed by atoms with Crippen molar-refractivity contribution in [1.29, 1.82) is 0 Å². The van der Waals surface area contributed by atoms with Gasteiger partial charge in [-0.05, 0) is 51.9 Å². The predicted molar refractivity (Wildman–Crippen MR) is 81.9 cm³/mol. The highest BCUT2D eigenvalue weighted by Gasteiger charge is 2.35. The van der Waals surface area contributed by atoms with E-state index in [0.29, 0.717) is 5.54 Å². The van der Waals surface area contributed by atoms with Gasteiger partial charge in [-0.25, -0.2) is 0 Å². The fourth-order valence-electron chi connectivity index (χ4n) is 3.18. The lowest BCUT2D eigenvalue weighted by atomic mass is 9.78. The third-order valence-electron chi connectivity index (χ3n) is 4.64. The van der Waals surface area contributed by atoms with Crippen molar-refractivity contribution in [1.82, 2.24) is 4.90 Å². The van der Waals surface area contributed by atoms with E-state index in [2.05, 4.69) is 44.9 Å². The predicted octanol–water partition coefficient (Wildman–Crippen LogP) is 4.80. The number of piperidine rings is 1. The summed E-state index contributed by atoms with van der Waals surface area (Å²) in [7, 11) is 0. The maximum absolute atomic E-state index is 4.12. The fraction of sp³-hybridized carbons (Fsp3) is 0.765.